The van der Waals surface area contributed by atoms with E-state index in [1.807, 2.05) is 0 Å². The first-order valence-electron chi connectivity index (χ1n) is 7.00. The molecule has 116 valence electrons. The first-order chi connectivity index (χ1) is 9.66. The minimum atomic E-state index is -1.05. The van der Waals surface area contributed by atoms with E-state index in [2.05, 4.69) is 33.0 Å². The molecule has 0 aromatic heterocycles. The second-order valence-corrected chi connectivity index (χ2v) is 6.18. The maximum absolute atomic E-state index is 12.2. The van der Waals surface area contributed by atoms with Gasteiger partial charge < -0.3 is 10.4 Å². The number of para-hydroxylation sites is 1. The molecule has 5 nitrogen and oxygen atoms in total. The number of carboxylic acids is 1. The monoisotopic (exact) mass is 292 g/mol. The zero-order valence-corrected chi connectivity index (χ0v) is 13.3. The summed E-state index contributed by atoms with van der Waals surface area (Å²) in [6.07, 6.45) is 0. The molecule has 0 atom stereocenters. The summed E-state index contributed by atoms with van der Waals surface area (Å²) in [5, 5.41) is 12.0. The first-order valence-corrected chi connectivity index (χ1v) is 7.00. The van der Waals surface area contributed by atoms with Crippen LogP contribution in [0.25, 0.3) is 0 Å². The molecule has 2 N–H and O–H groups in total. The Kier molecular flexibility index (Phi) is 5.35. The lowest BCUT2D eigenvalue weighted by Gasteiger charge is -2.30. The Balaban J connectivity index is 2.83. The van der Waals surface area contributed by atoms with Crippen LogP contribution in [0.4, 0.5) is 10.5 Å². The van der Waals surface area contributed by atoms with Crippen molar-refractivity contribution in [2.75, 3.05) is 18.5 Å². The second kappa shape index (κ2) is 6.61. The molecule has 0 aliphatic rings. The Morgan fingerprint density at radius 2 is 1.86 bits per heavy atom. The molecule has 0 spiro atoms. The molecule has 0 unspecified atom stereocenters. The fourth-order valence-electron chi connectivity index (χ4n) is 1.68. The predicted octanol–water partition coefficient (Wildman–Crippen LogP) is 3.21. The van der Waals surface area contributed by atoms with Crippen molar-refractivity contribution in [3.05, 3.63) is 29.8 Å². The summed E-state index contributed by atoms with van der Waals surface area (Å²) >= 11 is 0. The smallest absolute Gasteiger partial charge is 0.337 e. The zero-order valence-electron chi connectivity index (χ0n) is 13.3. The molecule has 0 radical (unpaired) electrons. The molecule has 0 aliphatic heterocycles. The van der Waals surface area contributed by atoms with Gasteiger partial charge in [-0.2, -0.15) is 0 Å². The molecule has 0 fully saturated rings. The van der Waals surface area contributed by atoms with Gasteiger partial charge >= 0.3 is 12.0 Å². The second-order valence-electron chi connectivity index (χ2n) is 6.18. The number of benzene rings is 1. The number of carbonyl (C=O) groups is 2. The van der Waals surface area contributed by atoms with Gasteiger partial charge in [-0.15, -0.1) is 0 Å². The average Bonchev–Trinajstić information content (AvgIpc) is 2.43. The van der Waals surface area contributed by atoms with E-state index in [0.717, 1.165) is 0 Å². The van der Waals surface area contributed by atoms with Crippen molar-refractivity contribution < 1.29 is 14.7 Å². The van der Waals surface area contributed by atoms with Gasteiger partial charge in [0.2, 0.25) is 0 Å². The summed E-state index contributed by atoms with van der Waals surface area (Å²) in [5.41, 5.74) is 0.464. The fraction of sp³-hybridized carbons (Fsp3) is 0.500. The molecular weight excluding hydrogens is 268 g/mol. The van der Waals surface area contributed by atoms with Crippen molar-refractivity contribution in [2.45, 2.75) is 27.7 Å². The normalized spacial score (nSPS) is 11.3. The van der Waals surface area contributed by atoms with Crippen molar-refractivity contribution in [1.29, 1.82) is 0 Å². The highest BCUT2D eigenvalue weighted by atomic mass is 16.4. The van der Waals surface area contributed by atoms with Crippen LogP contribution in [-0.2, 0) is 0 Å². The lowest BCUT2D eigenvalue weighted by atomic mass is 9.81. The summed E-state index contributed by atoms with van der Waals surface area (Å²) in [6.45, 7) is 8.92. The Hall–Kier alpha value is -2.04. The van der Waals surface area contributed by atoms with Crippen LogP contribution in [0.5, 0.6) is 0 Å². The minimum absolute atomic E-state index is 0.0250. The number of anilines is 1. The quantitative estimate of drug-likeness (QED) is 0.875. The van der Waals surface area contributed by atoms with Crippen LogP contribution >= 0.6 is 0 Å². The van der Waals surface area contributed by atoms with Crippen LogP contribution in [0, 0.1) is 11.3 Å². The van der Waals surface area contributed by atoms with Gasteiger partial charge in [0.15, 0.2) is 0 Å². The number of aromatic carboxylic acids is 1. The molecule has 0 heterocycles. The van der Waals surface area contributed by atoms with Crippen LogP contribution < -0.4 is 10.2 Å². The van der Waals surface area contributed by atoms with Crippen molar-refractivity contribution in [3.8, 4) is 0 Å². The number of carbonyl (C=O) groups excluding carboxylic acids is 1. The highest BCUT2D eigenvalue weighted by Crippen LogP contribution is 2.25. The number of nitrogens with zero attached hydrogens (tertiary/aromatic N) is 1. The van der Waals surface area contributed by atoms with Crippen LogP contribution in [0.2, 0.25) is 0 Å². The predicted molar refractivity (Wildman–Crippen MR) is 83.8 cm³/mol. The van der Waals surface area contributed by atoms with Crippen LogP contribution in [0.15, 0.2) is 24.3 Å². The fourth-order valence-corrected chi connectivity index (χ4v) is 1.68. The third kappa shape index (κ3) is 4.21. The Morgan fingerprint density at radius 1 is 1.29 bits per heavy atom. The van der Waals surface area contributed by atoms with E-state index < -0.39 is 5.97 Å². The summed E-state index contributed by atoms with van der Waals surface area (Å²) in [6, 6.07) is 6.15. The largest absolute Gasteiger partial charge is 0.478 e. The molecule has 1 rings (SSSR count). The number of rotatable bonds is 5. The first kappa shape index (κ1) is 17.0. The van der Waals surface area contributed by atoms with E-state index in [1.165, 1.54) is 11.0 Å². The zero-order chi connectivity index (χ0) is 16.2. The third-order valence-corrected chi connectivity index (χ3v) is 4.06. The molecule has 0 saturated heterocycles. The van der Waals surface area contributed by atoms with Gasteiger partial charge in [0, 0.05) is 13.6 Å². The van der Waals surface area contributed by atoms with E-state index in [0.29, 0.717) is 18.2 Å². The van der Waals surface area contributed by atoms with Gasteiger partial charge in [-0.25, -0.2) is 9.59 Å². The maximum Gasteiger partial charge on any atom is 0.337 e. The van der Waals surface area contributed by atoms with Crippen molar-refractivity contribution in [3.63, 3.8) is 0 Å². The van der Waals surface area contributed by atoms with Gasteiger partial charge in [0.1, 0.15) is 0 Å². The van der Waals surface area contributed by atoms with Crippen molar-refractivity contribution in [2.24, 2.45) is 11.3 Å². The van der Waals surface area contributed by atoms with Gasteiger partial charge in [0.25, 0.3) is 0 Å². The minimum Gasteiger partial charge on any atom is -0.478 e. The van der Waals surface area contributed by atoms with Crippen molar-refractivity contribution >= 4 is 17.7 Å². The number of hydrogen-bond donors (Lipinski definition) is 2. The van der Waals surface area contributed by atoms with Crippen molar-refractivity contribution in [1.82, 2.24) is 5.32 Å². The number of urea groups is 1. The summed E-state index contributed by atoms with van der Waals surface area (Å²) in [5.74, 6) is -0.623. The Labute approximate surface area is 126 Å². The molecule has 1 aromatic carbocycles. The molecule has 0 saturated carbocycles. The summed E-state index contributed by atoms with van der Waals surface area (Å²) in [4.78, 5) is 24.7. The lowest BCUT2D eigenvalue weighted by molar-refractivity contribution is 0.0697. The van der Waals surface area contributed by atoms with Crippen LogP contribution in [0.3, 0.4) is 0 Å². The van der Waals surface area contributed by atoms with Gasteiger partial charge in [0.05, 0.1) is 11.3 Å². The van der Waals surface area contributed by atoms with Crippen LogP contribution in [-0.4, -0.2) is 30.7 Å². The molecular formula is C16H24N2O3. The maximum atomic E-state index is 12.2. The summed E-state index contributed by atoms with van der Waals surface area (Å²) in [7, 11) is 1.57. The van der Waals surface area contributed by atoms with E-state index >= 15 is 0 Å². The Bertz CT molecular complexity index is 524. The SMILES string of the molecule is CC(C)C(C)(C)CNC(=O)N(C)c1ccccc1C(=O)O. The van der Waals surface area contributed by atoms with Gasteiger partial charge in [-0.05, 0) is 23.5 Å². The van der Waals surface area contributed by atoms with E-state index in [1.54, 1.807) is 25.2 Å². The van der Waals surface area contributed by atoms with E-state index in [9.17, 15) is 9.59 Å². The van der Waals surface area contributed by atoms with Gasteiger partial charge in [-0.1, -0.05) is 39.8 Å². The molecule has 0 bridgehead atoms. The number of hydrogen-bond acceptors (Lipinski definition) is 2. The molecule has 5 heteroatoms. The number of nitrogens with one attached hydrogen (secondary N) is 1. The van der Waals surface area contributed by atoms with E-state index in [4.69, 9.17) is 5.11 Å². The van der Waals surface area contributed by atoms with Gasteiger partial charge in [-0.3, -0.25) is 4.90 Å². The van der Waals surface area contributed by atoms with E-state index in [-0.39, 0.29) is 17.0 Å². The topological polar surface area (TPSA) is 69.6 Å². The summed E-state index contributed by atoms with van der Waals surface area (Å²) < 4.78 is 0. The number of amides is 2. The third-order valence-electron chi connectivity index (χ3n) is 4.06. The molecule has 2 amide bonds. The average molecular weight is 292 g/mol. The Morgan fingerprint density at radius 3 is 2.38 bits per heavy atom. The molecule has 21 heavy (non-hydrogen) atoms. The standard InChI is InChI=1S/C16H24N2O3/c1-11(2)16(3,4)10-17-15(21)18(5)13-9-7-6-8-12(13)14(19)20/h6-9,11H,10H2,1-5H3,(H,17,21)(H,19,20). The highest BCUT2D eigenvalue weighted by Gasteiger charge is 2.24. The highest BCUT2D eigenvalue weighted by molar-refractivity contribution is 6.01. The number of carboxylic acid groups (broad SMARTS) is 1. The lowest BCUT2D eigenvalue weighted by Crippen LogP contribution is -2.43. The molecule has 0 aliphatic carbocycles. The van der Waals surface area contributed by atoms with Crippen LogP contribution in [0.1, 0.15) is 38.1 Å². The molecule has 1 aromatic rings.